The van der Waals surface area contributed by atoms with Crippen LogP contribution < -0.4 is 10.9 Å². The van der Waals surface area contributed by atoms with Crippen molar-refractivity contribution in [3.8, 4) is 0 Å². The molecule has 3 rings (SSSR count). The Bertz CT molecular complexity index is 745. The first-order valence-electron chi connectivity index (χ1n) is 8.71. The van der Waals surface area contributed by atoms with Crippen molar-refractivity contribution in [1.82, 2.24) is 14.9 Å². The first-order chi connectivity index (χ1) is 11.0. The highest BCUT2D eigenvalue weighted by atomic mass is 32.1. The molecule has 0 spiro atoms. The molecule has 23 heavy (non-hydrogen) atoms. The minimum atomic E-state index is 0.156. The zero-order chi connectivity index (χ0) is 16.6. The van der Waals surface area contributed by atoms with Crippen LogP contribution in [0.25, 0.3) is 10.2 Å². The van der Waals surface area contributed by atoms with Crippen LogP contribution in [0.4, 0.5) is 0 Å². The molecule has 0 aliphatic heterocycles. The van der Waals surface area contributed by atoms with E-state index >= 15 is 0 Å². The molecule has 2 aromatic heterocycles. The maximum Gasteiger partial charge on any atom is 0.262 e. The molecule has 1 aliphatic rings. The Morgan fingerprint density at radius 1 is 1.39 bits per heavy atom. The van der Waals surface area contributed by atoms with E-state index in [1.807, 2.05) is 0 Å². The predicted octanol–water partition coefficient (Wildman–Crippen LogP) is 3.36. The molecule has 2 heterocycles. The van der Waals surface area contributed by atoms with E-state index in [4.69, 9.17) is 0 Å². The van der Waals surface area contributed by atoms with Crippen molar-refractivity contribution >= 4 is 21.6 Å². The lowest BCUT2D eigenvalue weighted by atomic mass is 9.92. The van der Waals surface area contributed by atoms with Gasteiger partial charge >= 0.3 is 0 Å². The molecule has 1 atom stereocenters. The Labute approximate surface area is 141 Å². The molecule has 0 amide bonds. The standard InChI is InChI=1S/C18H27N3OS/c1-11(2)7-8-21-10-19-17-16(18(21)22)14-6-5-13(20-12(3)4)9-15(14)23-17/h10-13,20H,5-9H2,1-4H3/t13-/m1/s1. The summed E-state index contributed by atoms with van der Waals surface area (Å²) in [6.07, 6.45) is 5.88. The lowest BCUT2D eigenvalue weighted by Gasteiger charge is -2.25. The smallest absolute Gasteiger partial charge is 0.262 e. The second kappa shape index (κ2) is 6.73. The monoisotopic (exact) mass is 333 g/mol. The Hall–Kier alpha value is -1.20. The van der Waals surface area contributed by atoms with Crippen molar-refractivity contribution in [2.45, 2.75) is 72.0 Å². The molecular formula is C18H27N3OS. The molecule has 1 aliphatic carbocycles. The Morgan fingerprint density at radius 3 is 2.87 bits per heavy atom. The van der Waals surface area contributed by atoms with Crippen molar-refractivity contribution < 1.29 is 0 Å². The number of fused-ring (bicyclic) bond motifs is 3. The highest BCUT2D eigenvalue weighted by Crippen LogP contribution is 2.33. The van der Waals surface area contributed by atoms with E-state index in [2.05, 4.69) is 38.0 Å². The highest BCUT2D eigenvalue weighted by Gasteiger charge is 2.25. The van der Waals surface area contributed by atoms with Gasteiger partial charge in [-0.15, -0.1) is 11.3 Å². The van der Waals surface area contributed by atoms with E-state index in [1.54, 1.807) is 22.2 Å². The molecule has 0 radical (unpaired) electrons. The zero-order valence-electron chi connectivity index (χ0n) is 14.6. The van der Waals surface area contributed by atoms with Crippen molar-refractivity contribution in [2.75, 3.05) is 0 Å². The fourth-order valence-corrected chi connectivity index (χ4v) is 4.63. The van der Waals surface area contributed by atoms with Gasteiger partial charge in [0.15, 0.2) is 0 Å². The van der Waals surface area contributed by atoms with E-state index in [0.717, 1.165) is 42.4 Å². The van der Waals surface area contributed by atoms with Gasteiger partial charge in [0, 0.05) is 23.5 Å². The summed E-state index contributed by atoms with van der Waals surface area (Å²) in [6, 6.07) is 1.03. The normalized spacial score (nSPS) is 18.1. The average Bonchev–Trinajstić information content (AvgIpc) is 2.84. The van der Waals surface area contributed by atoms with Crippen molar-refractivity contribution in [1.29, 1.82) is 0 Å². The molecule has 0 saturated heterocycles. The van der Waals surface area contributed by atoms with Gasteiger partial charge in [-0.2, -0.15) is 0 Å². The summed E-state index contributed by atoms with van der Waals surface area (Å²) in [6.45, 7) is 9.52. The van der Waals surface area contributed by atoms with E-state index < -0.39 is 0 Å². The van der Waals surface area contributed by atoms with Gasteiger partial charge in [0.1, 0.15) is 4.83 Å². The van der Waals surface area contributed by atoms with Gasteiger partial charge < -0.3 is 5.32 Å². The van der Waals surface area contributed by atoms with Crippen molar-refractivity contribution in [3.63, 3.8) is 0 Å². The second-order valence-electron chi connectivity index (χ2n) is 7.37. The first-order valence-corrected chi connectivity index (χ1v) is 9.53. The van der Waals surface area contributed by atoms with Crippen LogP contribution in [0.1, 0.15) is 51.0 Å². The molecule has 2 aromatic rings. The summed E-state index contributed by atoms with van der Waals surface area (Å²) in [4.78, 5) is 19.7. The quantitative estimate of drug-likeness (QED) is 0.913. The largest absolute Gasteiger partial charge is 0.311 e. The molecular weight excluding hydrogens is 306 g/mol. The first kappa shape index (κ1) is 16.7. The number of thiophene rings is 1. The molecule has 0 aromatic carbocycles. The molecule has 4 nitrogen and oxygen atoms in total. The fraction of sp³-hybridized carbons (Fsp3) is 0.667. The summed E-state index contributed by atoms with van der Waals surface area (Å²) >= 11 is 1.71. The summed E-state index contributed by atoms with van der Waals surface area (Å²) in [5.74, 6) is 0.594. The number of nitrogens with one attached hydrogen (secondary N) is 1. The number of rotatable bonds is 5. The number of aryl methyl sites for hydroxylation is 2. The topological polar surface area (TPSA) is 46.9 Å². The van der Waals surface area contributed by atoms with Crippen LogP contribution in [-0.4, -0.2) is 21.6 Å². The number of hydrogen-bond donors (Lipinski definition) is 1. The molecule has 0 saturated carbocycles. The van der Waals surface area contributed by atoms with E-state index in [0.29, 0.717) is 18.0 Å². The molecule has 126 valence electrons. The van der Waals surface area contributed by atoms with Crippen LogP contribution in [0.5, 0.6) is 0 Å². The Morgan fingerprint density at radius 2 is 2.17 bits per heavy atom. The van der Waals surface area contributed by atoms with Crippen LogP contribution >= 0.6 is 11.3 Å². The molecule has 5 heteroatoms. The molecule has 0 fully saturated rings. The maximum absolute atomic E-state index is 12.8. The average molecular weight is 334 g/mol. The van der Waals surface area contributed by atoms with Crippen molar-refractivity contribution in [2.24, 2.45) is 5.92 Å². The summed E-state index contributed by atoms with van der Waals surface area (Å²) in [5.41, 5.74) is 1.42. The fourth-order valence-electron chi connectivity index (χ4n) is 3.37. The maximum atomic E-state index is 12.8. The second-order valence-corrected chi connectivity index (χ2v) is 8.45. The van der Waals surface area contributed by atoms with Gasteiger partial charge in [-0.25, -0.2) is 4.98 Å². The summed E-state index contributed by atoms with van der Waals surface area (Å²) < 4.78 is 1.80. The van der Waals surface area contributed by atoms with Crippen LogP contribution in [0.3, 0.4) is 0 Å². The summed E-state index contributed by atoms with van der Waals surface area (Å²) in [7, 11) is 0. The zero-order valence-corrected chi connectivity index (χ0v) is 15.4. The van der Waals surface area contributed by atoms with Gasteiger partial charge in [-0.05, 0) is 37.2 Å². The molecule has 0 bridgehead atoms. The lowest BCUT2D eigenvalue weighted by Crippen LogP contribution is -2.38. The third-order valence-electron chi connectivity index (χ3n) is 4.55. The predicted molar refractivity (Wildman–Crippen MR) is 97.4 cm³/mol. The lowest BCUT2D eigenvalue weighted by molar-refractivity contribution is 0.425. The van der Waals surface area contributed by atoms with Crippen LogP contribution in [0, 0.1) is 5.92 Å². The van der Waals surface area contributed by atoms with Gasteiger partial charge in [-0.1, -0.05) is 27.7 Å². The SMILES string of the molecule is CC(C)CCn1cnc2sc3c(c2c1=O)CC[C@@H](NC(C)C)C3. The third kappa shape index (κ3) is 3.50. The number of hydrogen-bond acceptors (Lipinski definition) is 4. The van der Waals surface area contributed by atoms with Gasteiger partial charge in [0.05, 0.1) is 11.7 Å². The van der Waals surface area contributed by atoms with Gasteiger partial charge in [0.2, 0.25) is 0 Å². The number of aromatic nitrogens is 2. The van der Waals surface area contributed by atoms with Crippen LogP contribution in [0.2, 0.25) is 0 Å². The minimum Gasteiger partial charge on any atom is -0.311 e. The van der Waals surface area contributed by atoms with E-state index in [-0.39, 0.29) is 5.56 Å². The van der Waals surface area contributed by atoms with Gasteiger partial charge in [-0.3, -0.25) is 9.36 Å². The van der Waals surface area contributed by atoms with E-state index in [9.17, 15) is 4.79 Å². The van der Waals surface area contributed by atoms with Crippen molar-refractivity contribution in [3.05, 3.63) is 27.1 Å². The van der Waals surface area contributed by atoms with Gasteiger partial charge in [0.25, 0.3) is 5.56 Å². The number of nitrogens with zero attached hydrogens (tertiary/aromatic N) is 2. The highest BCUT2D eigenvalue weighted by molar-refractivity contribution is 7.18. The van der Waals surface area contributed by atoms with Crippen LogP contribution in [0.15, 0.2) is 11.1 Å². The minimum absolute atomic E-state index is 0.156. The molecule has 1 N–H and O–H groups in total. The van der Waals surface area contributed by atoms with Crippen LogP contribution in [-0.2, 0) is 19.4 Å². The molecule has 0 unspecified atom stereocenters. The Kier molecular flexibility index (Phi) is 4.87. The van der Waals surface area contributed by atoms with E-state index in [1.165, 1.54) is 10.4 Å². The summed E-state index contributed by atoms with van der Waals surface area (Å²) in [5, 5.41) is 4.52. The Balaban J connectivity index is 1.93. The third-order valence-corrected chi connectivity index (χ3v) is 5.71.